The van der Waals surface area contributed by atoms with Gasteiger partial charge in [-0.05, 0) is 67.4 Å². The third-order valence-corrected chi connectivity index (χ3v) is 5.72. The standard InChI is InChI=1S/C21H20ClF2N3O/c1-12-2-3-13(8-12)9-19-25-26-21(28)27(19)20-17(23)10-15(11-18(20)24)14-4-6-16(22)7-5-14/h4,6,10-11,13H,1-3,5,7-9H2,(H,26,28). The Labute approximate surface area is 166 Å². The number of benzene rings is 1. The van der Waals surface area contributed by atoms with Crippen LogP contribution in [0.3, 0.4) is 0 Å². The molecule has 0 bridgehead atoms. The second-order valence-electron chi connectivity index (χ2n) is 7.44. The van der Waals surface area contributed by atoms with Gasteiger partial charge in [0.2, 0.25) is 0 Å². The molecule has 0 radical (unpaired) electrons. The number of allylic oxidation sites excluding steroid dienone is 5. The van der Waals surface area contributed by atoms with E-state index in [1.807, 2.05) is 0 Å². The lowest BCUT2D eigenvalue weighted by Gasteiger charge is -2.15. The molecule has 146 valence electrons. The molecular weight excluding hydrogens is 384 g/mol. The van der Waals surface area contributed by atoms with Gasteiger partial charge in [0.1, 0.15) is 11.5 Å². The summed E-state index contributed by atoms with van der Waals surface area (Å²) in [5.41, 5.74) is 1.37. The molecular formula is C21H20ClF2N3O. The lowest BCUT2D eigenvalue weighted by atomic mass is 9.96. The molecule has 0 amide bonds. The summed E-state index contributed by atoms with van der Waals surface area (Å²) in [6.45, 7) is 3.98. The van der Waals surface area contributed by atoms with Crippen LogP contribution in [0.1, 0.15) is 43.5 Å². The molecule has 4 nitrogen and oxygen atoms in total. The van der Waals surface area contributed by atoms with Gasteiger partial charge < -0.3 is 0 Å². The van der Waals surface area contributed by atoms with E-state index in [0.29, 0.717) is 35.7 Å². The van der Waals surface area contributed by atoms with Gasteiger partial charge in [-0.15, -0.1) is 0 Å². The lowest BCUT2D eigenvalue weighted by Crippen LogP contribution is -2.21. The van der Waals surface area contributed by atoms with E-state index in [1.54, 1.807) is 12.2 Å². The van der Waals surface area contributed by atoms with E-state index in [0.717, 1.165) is 35.0 Å². The molecule has 1 aromatic heterocycles. The number of hydrogen-bond donors (Lipinski definition) is 1. The van der Waals surface area contributed by atoms with E-state index < -0.39 is 17.3 Å². The van der Waals surface area contributed by atoms with Crippen LogP contribution in [0, 0.1) is 17.6 Å². The van der Waals surface area contributed by atoms with Crippen molar-refractivity contribution in [1.82, 2.24) is 14.8 Å². The van der Waals surface area contributed by atoms with Gasteiger partial charge >= 0.3 is 5.69 Å². The van der Waals surface area contributed by atoms with Crippen molar-refractivity contribution in [3.05, 3.63) is 75.0 Å². The highest BCUT2D eigenvalue weighted by atomic mass is 35.5. The zero-order valence-corrected chi connectivity index (χ0v) is 16.0. The van der Waals surface area contributed by atoms with Crippen LogP contribution < -0.4 is 5.69 Å². The molecule has 1 aromatic carbocycles. The molecule has 4 rings (SSSR count). The third-order valence-electron chi connectivity index (χ3n) is 5.41. The minimum absolute atomic E-state index is 0.274. The van der Waals surface area contributed by atoms with Crippen molar-refractivity contribution < 1.29 is 8.78 Å². The predicted octanol–water partition coefficient (Wildman–Crippen LogP) is 5.04. The Bertz CT molecular complexity index is 1040. The van der Waals surface area contributed by atoms with Crippen LogP contribution in [0.25, 0.3) is 11.3 Å². The van der Waals surface area contributed by atoms with Crippen molar-refractivity contribution in [2.45, 2.75) is 38.5 Å². The molecule has 0 aliphatic heterocycles. The number of aromatic nitrogens is 3. The van der Waals surface area contributed by atoms with Crippen LogP contribution in [-0.4, -0.2) is 14.8 Å². The molecule has 2 aliphatic carbocycles. The summed E-state index contributed by atoms with van der Waals surface area (Å²) in [6, 6.07) is 2.52. The third kappa shape index (κ3) is 3.61. The average molecular weight is 404 g/mol. The smallest absolute Gasteiger partial charge is 0.246 e. The number of rotatable bonds is 4. The van der Waals surface area contributed by atoms with Crippen molar-refractivity contribution >= 4 is 17.2 Å². The molecule has 28 heavy (non-hydrogen) atoms. The Morgan fingerprint density at radius 1 is 1.21 bits per heavy atom. The molecule has 0 saturated heterocycles. The number of nitrogens with one attached hydrogen (secondary N) is 1. The molecule has 1 unspecified atom stereocenters. The first kappa shape index (κ1) is 18.9. The zero-order valence-electron chi connectivity index (χ0n) is 15.3. The van der Waals surface area contributed by atoms with Crippen molar-refractivity contribution in [3.8, 4) is 5.69 Å². The van der Waals surface area contributed by atoms with E-state index in [9.17, 15) is 13.6 Å². The molecule has 1 N–H and O–H groups in total. The van der Waals surface area contributed by atoms with Crippen LogP contribution in [0.2, 0.25) is 0 Å². The van der Waals surface area contributed by atoms with E-state index in [1.165, 1.54) is 12.1 Å². The lowest BCUT2D eigenvalue weighted by molar-refractivity contribution is 0.520. The number of H-pyrrole nitrogens is 1. The minimum Gasteiger partial charge on any atom is -0.246 e. The summed E-state index contributed by atoms with van der Waals surface area (Å²) in [5, 5.41) is 7.05. The highest BCUT2D eigenvalue weighted by Gasteiger charge is 2.25. The van der Waals surface area contributed by atoms with E-state index in [2.05, 4.69) is 16.8 Å². The largest absolute Gasteiger partial charge is 0.348 e. The number of hydrogen-bond acceptors (Lipinski definition) is 2. The van der Waals surface area contributed by atoms with Gasteiger partial charge in [0, 0.05) is 11.5 Å². The summed E-state index contributed by atoms with van der Waals surface area (Å²) in [4.78, 5) is 12.3. The van der Waals surface area contributed by atoms with Crippen LogP contribution in [0.4, 0.5) is 8.78 Å². The van der Waals surface area contributed by atoms with Gasteiger partial charge in [0.25, 0.3) is 0 Å². The normalized spacial score (nSPS) is 19.7. The SMILES string of the molecule is C=C1CCC(Cc2n[nH]c(=O)n2-c2c(F)cc(C3=CC=C(Cl)CC3)cc2F)C1. The molecule has 1 atom stereocenters. The van der Waals surface area contributed by atoms with Crippen LogP contribution >= 0.6 is 11.6 Å². The predicted molar refractivity (Wildman–Crippen MR) is 105 cm³/mol. The molecule has 1 saturated carbocycles. The zero-order chi connectivity index (χ0) is 19.8. The molecule has 2 aliphatic rings. The fourth-order valence-corrected chi connectivity index (χ4v) is 4.12. The highest BCUT2D eigenvalue weighted by molar-refractivity contribution is 6.29. The maximum Gasteiger partial charge on any atom is 0.348 e. The fourth-order valence-electron chi connectivity index (χ4n) is 3.97. The Morgan fingerprint density at radius 2 is 1.96 bits per heavy atom. The Kier molecular flexibility index (Phi) is 5.06. The van der Waals surface area contributed by atoms with Gasteiger partial charge in [-0.3, -0.25) is 0 Å². The van der Waals surface area contributed by atoms with Crippen molar-refractivity contribution in [2.75, 3.05) is 0 Å². The van der Waals surface area contributed by atoms with E-state index in [-0.39, 0.29) is 11.6 Å². The maximum atomic E-state index is 14.9. The Balaban J connectivity index is 1.71. The van der Waals surface area contributed by atoms with Gasteiger partial charge in [0.05, 0.1) is 0 Å². The second kappa shape index (κ2) is 7.51. The van der Waals surface area contributed by atoms with Gasteiger partial charge in [-0.25, -0.2) is 23.2 Å². The summed E-state index contributed by atoms with van der Waals surface area (Å²) in [7, 11) is 0. The van der Waals surface area contributed by atoms with Crippen molar-refractivity contribution in [2.24, 2.45) is 5.92 Å². The first-order valence-corrected chi connectivity index (χ1v) is 9.68. The number of aromatic amines is 1. The van der Waals surface area contributed by atoms with Gasteiger partial charge in [-0.1, -0.05) is 29.8 Å². The van der Waals surface area contributed by atoms with Crippen LogP contribution in [0.15, 0.2) is 46.3 Å². The van der Waals surface area contributed by atoms with Crippen molar-refractivity contribution in [1.29, 1.82) is 0 Å². The van der Waals surface area contributed by atoms with Crippen LogP contribution in [0.5, 0.6) is 0 Å². The quantitative estimate of drug-likeness (QED) is 0.727. The van der Waals surface area contributed by atoms with E-state index in [4.69, 9.17) is 11.6 Å². The van der Waals surface area contributed by atoms with Gasteiger partial charge in [0.15, 0.2) is 11.6 Å². The molecule has 1 heterocycles. The Hall–Kier alpha value is -2.47. The average Bonchev–Trinajstić information content (AvgIpc) is 3.22. The fraction of sp³-hybridized carbons (Fsp3) is 0.333. The summed E-state index contributed by atoms with van der Waals surface area (Å²) in [5.74, 6) is -0.980. The molecule has 7 heteroatoms. The first-order valence-electron chi connectivity index (χ1n) is 9.30. The maximum absolute atomic E-state index is 14.9. The topological polar surface area (TPSA) is 50.7 Å². The highest BCUT2D eigenvalue weighted by Crippen LogP contribution is 2.33. The molecule has 2 aromatic rings. The van der Waals surface area contributed by atoms with Crippen LogP contribution in [-0.2, 0) is 6.42 Å². The monoisotopic (exact) mass is 403 g/mol. The molecule has 1 fully saturated rings. The van der Waals surface area contributed by atoms with E-state index >= 15 is 0 Å². The first-order chi connectivity index (χ1) is 13.4. The molecule has 0 spiro atoms. The summed E-state index contributed by atoms with van der Waals surface area (Å²) in [6.07, 6.45) is 7.92. The van der Waals surface area contributed by atoms with Gasteiger partial charge in [-0.2, -0.15) is 5.10 Å². The summed E-state index contributed by atoms with van der Waals surface area (Å²) >= 11 is 5.95. The minimum atomic E-state index is -0.794. The summed E-state index contributed by atoms with van der Waals surface area (Å²) < 4.78 is 30.8. The number of nitrogens with zero attached hydrogens (tertiary/aromatic N) is 2. The Morgan fingerprint density at radius 3 is 2.57 bits per heavy atom. The number of halogens is 3. The second-order valence-corrected chi connectivity index (χ2v) is 7.92. The van der Waals surface area contributed by atoms with Crippen molar-refractivity contribution in [3.63, 3.8) is 0 Å².